The van der Waals surface area contributed by atoms with Gasteiger partial charge in [-0.05, 0) is 29.2 Å². The van der Waals surface area contributed by atoms with Gasteiger partial charge >= 0.3 is 28.4 Å². The van der Waals surface area contributed by atoms with E-state index in [1.807, 2.05) is 4.72 Å². The average molecular weight is 580 g/mol. The molecule has 1 aromatic heterocycles. The maximum atomic E-state index is 13.0. The summed E-state index contributed by atoms with van der Waals surface area (Å²) in [6, 6.07) is -1.54. The Bertz CT molecular complexity index is 1130. The van der Waals surface area contributed by atoms with Crippen LogP contribution in [0.4, 0.5) is 13.2 Å². The minimum atomic E-state index is -5.23. The van der Waals surface area contributed by atoms with Crippen LogP contribution in [0.15, 0.2) is 16.4 Å². The van der Waals surface area contributed by atoms with E-state index >= 15 is 0 Å². The van der Waals surface area contributed by atoms with Gasteiger partial charge in [-0.1, -0.05) is 11.8 Å². The molecule has 1 aromatic rings. The van der Waals surface area contributed by atoms with E-state index in [9.17, 15) is 41.1 Å². The predicted octanol–water partition coefficient (Wildman–Crippen LogP) is -0.266. The summed E-state index contributed by atoms with van der Waals surface area (Å²) in [5, 5.41) is 21.1. The van der Waals surface area contributed by atoms with E-state index in [2.05, 4.69) is 20.6 Å². The van der Waals surface area contributed by atoms with Crippen LogP contribution < -0.4 is 4.72 Å². The molecule has 21 heteroatoms. The molecule has 2 aliphatic heterocycles. The highest BCUT2D eigenvalue weighted by atomic mass is 32.2. The van der Waals surface area contributed by atoms with Crippen LogP contribution in [0.25, 0.3) is 0 Å². The van der Waals surface area contributed by atoms with Crippen molar-refractivity contribution in [3.63, 3.8) is 0 Å². The number of β-lactam (4-membered cyclic amide) rings is 1. The predicted molar refractivity (Wildman–Crippen MR) is 116 cm³/mol. The number of alkyl halides is 3. The summed E-state index contributed by atoms with van der Waals surface area (Å²) >= 11 is 2.25. The van der Waals surface area contributed by atoms with Gasteiger partial charge in [0.05, 0.1) is 0 Å². The number of aliphatic carboxylic acids is 1. The Morgan fingerprint density at radius 3 is 2.63 bits per heavy atom. The molecular formula is C14H16F3N7O7S4. The number of carbonyl (C=O) groups excluding carboxylic acids is 2. The molecule has 1 saturated heterocycles. The zero-order chi connectivity index (χ0) is 26.1. The monoisotopic (exact) mass is 579 g/mol. The van der Waals surface area contributed by atoms with Gasteiger partial charge in [-0.25, -0.2) is 4.79 Å². The number of carboxylic acid groups (broad SMARTS) is 1. The van der Waals surface area contributed by atoms with Crippen LogP contribution in [-0.2, 0) is 24.7 Å². The number of carboxylic acids is 1. The van der Waals surface area contributed by atoms with Crippen LogP contribution >= 0.6 is 35.5 Å². The van der Waals surface area contributed by atoms with Crippen LogP contribution in [0.5, 0.6) is 0 Å². The number of nitrogens with zero attached hydrogens (tertiary/aromatic N) is 5. The van der Waals surface area contributed by atoms with Crippen molar-refractivity contribution in [2.24, 2.45) is 0 Å². The highest BCUT2D eigenvalue weighted by molar-refractivity contribution is 8.01. The summed E-state index contributed by atoms with van der Waals surface area (Å²) in [6.07, 6.45) is -4.12. The molecule has 35 heavy (non-hydrogen) atoms. The van der Waals surface area contributed by atoms with Gasteiger partial charge in [0.25, 0.3) is 5.91 Å². The molecule has 0 spiro atoms. The number of aromatic amines is 1. The largest absolute Gasteiger partial charge is 0.477 e. The third-order valence-electron chi connectivity index (χ3n) is 4.72. The maximum Gasteiger partial charge on any atom is 0.472 e. The first kappa shape index (κ1) is 27.5. The van der Waals surface area contributed by atoms with Gasteiger partial charge in [-0.2, -0.15) is 31.5 Å². The van der Waals surface area contributed by atoms with Crippen molar-refractivity contribution in [1.29, 1.82) is 0 Å². The molecule has 2 aliphatic rings. The first-order valence-corrected chi connectivity index (χ1v) is 13.8. The fourth-order valence-electron chi connectivity index (χ4n) is 3.35. The number of carbonyl (C=O) groups is 3. The number of tetrazole rings is 1. The van der Waals surface area contributed by atoms with E-state index in [1.165, 1.54) is 6.26 Å². The van der Waals surface area contributed by atoms with Gasteiger partial charge in [0.1, 0.15) is 11.1 Å². The lowest BCUT2D eigenvalue weighted by Crippen LogP contribution is -2.71. The fraction of sp³-hybridized carbons (Fsp3) is 0.571. The van der Waals surface area contributed by atoms with Crippen molar-refractivity contribution in [2.75, 3.05) is 18.6 Å². The molecule has 0 aliphatic carbocycles. The number of halogens is 3. The second-order valence-electron chi connectivity index (χ2n) is 6.80. The molecule has 0 bridgehead atoms. The molecule has 0 aromatic carbocycles. The van der Waals surface area contributed by atoms with E-state index in [0.29, 0.717) is 11.9 Å². The number of amides is 2. The molecule has 0 radical (unpaired) electrons. The molecule has 0 saturated carbocycles. The molecule has 14 nitrogen and oxygen atoms in total. The number of thioether (sulfide) groups is 2. The number of H-pyrrole nitrogens is 1. The molecule has 2 unspecified atom stereocenters. The highest BCUT2D eigenvalue weighted by Crippen LogP contribution is 2.47. The van der Waals surface area contributed by atoms with Crippen LogP contribution in [-0.4, -0.2) is 107 Å². The Balaban J connectivity index is 1.93. The van der Waals surface area contributed by atoms with Crippen molar-refractivity contribution < 1.29 is 45.6 Å². The Kier molecular flexibility index (Phi) is 8.26. The third-order valence-corrected chi connectivity index (χ3v) is 8.55. The van der Waals surface area contributed by atoms with Crippen molar-refractivity contribution in [2.45, 2.75) is 34.4 Å². The SMILES string of the molecule is CSN(C(=O)C(F)(F)F)C1C(=O)N2C(C(=O)O)=C(C(CCNS(=O)(=O)O)Sc3nn[nH]n3)CS[C@@H]12. The number of hydrogen-bond donors (Lipinski definition) is 4. The molecule has 2 amide bonds. The minimum Gasteiger partial charge on any atom is -0.477 e. The summed E-state index contributed by atoms with van der Waals surface area (Å²) in [6.45, 7) is -0.324. The number of rotatable bonds is 10. The minimum absolute atomic E-state index is 0.0726. The quantitative estimate of drug-likeness (QED) is 0.122. The van der Waals surface area contributed by atoms with E-state index in [0.717, 1.165) is 28.4 Å². The van der Waals surface area contributed by atoms with E-state index in [-0.39, 0.29) is 33.8 Å². The summed E-state index contributed by atoms with van der Waals surface area (Å²) in [5.74, 6) is -4.87. The van der Waals surface area contributed by atoms with Gasteiger partial charge in [0.15, 0.2) is 6.04 Å². The molecule has 3 heterocycles. The fourth-order valence-corrected chi connectivity index (χ4v) is 7.09. The zero-order valence-corrected chi connectivity index (χ0v) is 20.6. The van der Waals surface area contributed by atoms with Crippen LogP contribution in [0.3, 0.4) is 0 Å². The average Bonchev–Trinajstić information content (AvgIpc) is 3.26. The second-order valence-corrected chi connectivity index (χ2v) is 11.1. The van der Waals surface area contributed by atoms with Crippen molar-refractivity contribution in [3.05, 3.63) is 11.3 Å². The first-order valence-electron chi connectivity index (χ1n) is 9.24. The van der Waals surface area contributed by atoms with Gasteiger partial charge in [-0.15, -0.1) is 22.0 Å². The number of aromatic nitrogens is 4. The Hall–Kier alpha value is -2.07. The maximum absolute atomic E-state index is 13.0. The lowest BCUT2D eigenvalue weighted by atomic mass is 10.0. The molecule has 194 valence electrons. The standard InChI is InChI=1S/C14H16F3N7O7S4/c1-32-24(12(28)14(15,16)17)8-9(25)23-7(11(26)27)5(4-33-10(8)23)6(2-3-18-35(29,30)31)34-13-19-21-22-20-13/h6,8,10,18H,2-4H2,1H3,(H,26,27)(H,29,30,31)(H,19,20,21,22)/t6?,8?,10-/m0/s1. The topological polar surface area (TPSA) is 199 Å². The normalized spacial score (nSPS) is 21.4. The van der Waals surface area contributed by atoms with E-state index in [1.54, 1.807) is 0 Å². The lowest BCUT2D eigenvalue weighted by molar-refractivity contribution is -0.185. The van der Waals surface area contributed by atoms with Crippen molar-refractivity contribution in [3.8, 4) is 0 Å². The lowest BCUT2D eigenvalue weighted by Gasteiger charge is -2.52. The molecule has 4 N–H and O–H groups in total. The van der Waals surface area contributed by atoms with Gasteiger partial charge in [0, 0.05) is 23.8 Å². The summed E-state index contributed by atoms with van der Waals surface area (Å²) in [5.41, 5.74) is -0.348. The molecule has 1 fully saturated rings. The second kappa shape index (κ2) is 10.5. The van der Waals surface area contributed by atoms with Gasteiger partial charge < -0.3 is 5.11 Å². The number of fused-ring (bicyclic) bond motifs is 1. The van der Waals surface area contributed by atoms with Crippen LogP contribution in [0.1, 0.15) is 6.42 Å². The Morgan fingerprint density at radius 1 is 1.43 bits per heavy atom. The Morgan fingerprint density at radius 2 is 2.11 bits per heavy atom. The molecular weight excluding hydrogens is 563 g/mol. The molecule has 3 atom stereocenters. The highest BCUT2D eigenvalue weighted by Gasteiger charge is 2.60. The molecule has 3 rings (SSSR count). The first-order chi connectivity index (χ1) is 16.3. The zero-order valence-electron chi connectivity index (χ0n) is 17.3. The van der Waals surface area contributed by atoms with Gasteiger partial charge in [-0.3, -0.25) is 23.3 Å². The Labute approximate surface area is 207 Å². The number of nitrogens with one attached hydrogen (secondary N) is 2. The summed E-state index contributed by atoms with van der Waals surface area (Å²) in [7, 11) is -4.54. The summed E-state index contributed by atoms with van der Waals surface area (Å²) < 4.78 is 72.0. The number of hydrogen-bond acceptors (Lipinski definition) is 11. The van der Waals surface area contributed by atoms with Crippen molar-refractivity contribution in [1.82, 2.24) is 34.6 Å². The van der Waals surface area contributed by atoms with Crippen LogP contribution in [0, 0.1) is 0 Å². The summed E-state index contributed by atoms with van der Waals surface area (Å²) in [4.78, 5) is 37.6. The van der Waals surface area contributed by atoms with Crippen molar-refractivity contribution >= 4 is 63.6 Å². The van der Waals surface area contributed by atoms with E-state index < -0.39 is 56.6 Å². The smallest absolute Gasteiger partial charge is 0.472 e. The van der Waals surface area contributed by atoms with E-state index in [4.69, 9.17) is 4.55 Å². The van der Waals surface area contributed by atoms with Gasteiger partial charge in [0.2, 0.25) is 5.16 Å². The van der Waals surface area contributed by atoms with Crippen LogP contribution in [0.2, 0.25) is 0 Å². The third kappa shape index (κ3) is 6.02.